The van der Waals surface area contributed by atoms with Crippen molar-refractivity contribution in [2.45, 2.75) is 13.3 Å². The number of hydrogen-bond acceptors (Lipinski definition) is 3. The standard InChI is InChI=1S/C13H11BrN4/c1-2-9-11-8(14)7-16-13(11)18-12(17-9)10-5-3-4-6-15-10/h3-7H,2H2,1H3,(H,16,17,18). The van der Waals surface area contributed by atoms with E-state index in [-0.39, 0.29) is 0 Å². The molecule has 3 aromatic rings. The van der Waals surface area contributed by atoms with Crippen molar-refractivity contribution in [3.8, 4) is 11.5 Å². The van der Waals surface area contributed by atoms with Gasteiger partial charge in [-0.15, -0.1) is 0 Å². The van der Waals surface area contributed by atoms with E-state index >= 15 is 0 Å². The number of aromatic amines is 1. The highest BCUT2D eigenvalue weighted by Crippen LogP contribution is 2.27. The maximum Gasteiger partial charge on any atom is 0.180 e. The Morgan fingerprint density at radius 2 is 2.17 bits per heavy atom. The molecule has 3 heterocycles. The lowest BCUT2D eigenvalue weighted by Crippen LogP contribution is -1.97. The first kappa shape index (κ1) is 11.3. The molecule has 90 valence electrons. The smallest absolute Gasteiger partial charge is 0.180 e. The zero-order chi connectivity index (χ0) is 12.5. The van der Waals surface area contributed by atoms with Gasteiger partial charge < -0.3 is 4.98 Å². The average Bonchev–Trinajstić information content (AvgIpc) is 2.81. The molecule has 0 saturated heterocycles. The molecule has 0 unspecified atom stereocenters. The molecular formula is C13H11BrN4. The molecule has 0 radical (unpaired) electrons. The minimum Gasteiger partial charge on any atom is -0.345 e. The topological polar surface area (TPSA) is 54.5 Å². The third kappa shape index (κ3) is 1.80. The molecule has 0 bridgehead atoms. The summed E-state index contributed by atoms with van der Waals surface area (Å²) in [4.78, 5) is 16.5. The summed E-state index contributed by atoms with van der Waals surface area (Å²) >= 11 is 3.51. The fourth-order valence-corrected chi connectivity index (χ4v) is 2.46. The van der Waals surface area contributed by atoms with E-state index in [4.69, 9.17) is 0 Å². The maximum absolute atomic E-state index is 4.60. The molecule has 3 rings (SSSR count). The number of H-pyrrole nitrogens is 1. The monoisotopic (exact) mass is 302 g/mol. The summed E-state index contributed by atoms with van der Waals surface area (Å²) in [6.07, 6.45) is 4.50. The fraction of sp³-hybridized carbons (Fsp3) is 0.154. The summed E-state index contributed by atoms with van der Waals surface area (Å²) in [5, 5.41) is 1.05. The normalized spacial score (nSPS) is 11.0. The van der Waals surface area contributed by atoms with Crippen molar-refractivity contribution in [3.05, 3.63) is 40.8 Å². The second-order valence-electron chi connectivity index (χ2n) is 3.92. The van der Waals surface area contributed by atoms with E-state index in [0.717, 1.165) is 33.3 Å². The van der Waals surface area contributed by atoms with Gasteiger partial charge >= 0.3 is 0 Å². The van der Waals surface area contributed by atoms with E-state index < -0.39 is 0 Å². The van der Waals surface area contributed by atoms with Crippen molar-refractivity contribution in [1.29, 1.82) is 0 Å². The fourth-order valence-electron chi connectivity index (χ4n) is 1.93. The quantitative estimate of drug-likeness (QED) is 0.790. The summed E-state index contributed by atoms with van der Waals surface area (Å²) in [6, 6.07) is 5.73. The Hall–Kier alpha value is -1.75. The van der Waals surface area contributed by atoms with Crippen molar-refractivity contribution >= 4 is 27.0 Å². The molecule has 0 aliphatic carbocycles. The molecule has 0 spiro atoms. The van der Waals surface area contributed by atoms with Crippen LogP contribution in [0.5, 0.6) is 0 Å². The van der Waals surface area contributed by atoms with E-state index in [1.165, 1.54) is 0 Å². The van der Waals surface area contributed by atoms with E-state index in [2.05, 4.69) is 42.8 Å². The highest BCUT2D eigenvalue weighted by atomic mass is 79.9. The van der Waals surface area contributed by atoms with Gasteiger partial charge in [0, 0.05) is 16.9 Å². The van der Waals surface area contributed by atoms with Gasteiger partial charge in [-0.05, 0) is 34.5 Å². The Morgan fingerprint density at radius 3 is 2.89 bits per heavy atom. The lowest BCUT2D eigenvalue weighted by Gasteiger charge is -2.04. The number of rotatable bonds is 2. The Kier molecular flexibility index (Phi) is 2.83. The SMILES string of the molecule is CCc1nc(-c2ccccn2)nc2[nH]cc(Br)c12. The molecule has 0 fully saturated rings. The number of aromatic nitrogens is 4. The molecular weight excluding hydrogens is 292 g/mol. The van der Waals surface area contributed by atoms with Crippen molar-refractivity contribution in [3.63, 3.8) is 0 Å². The molecule has 0 amide bonds. The van der Waals surface area contributed by atoms with Crippen LogP contribution in [0.15, 0.2) is 35.1 Å². The van der Waals surface area contributed by atoms with Crippen molar-refractivity contribution in [1.82, 2.24) is 19.9 Å². The third-order valence-corrected chi connectivity index (χ3v) is 3.41. The predicted molar refractivity (Wildman–Crippen MR) is 74.2 cm³/mol. The summed E-state index contributed by atoms with van der Waals surface area (Å²) < 4.78 is 1.00. The number of nitrogens with one attached hydrogen (secondary N) is 1. The molecule has 18 heavy (non-hydrogen) atoms. The van der Waals surface area contributed by atoms with Crippen molar-refractivity contribution in [2.75, 3.05) is 0 Å². The first-order chi connectivity index (χ1) is 8.79. The van der Waals surface area contributed by atoms with Crippen LogP contribution < -0.4 is 0 Å². The number of halogens is 1. The van der Waals surface area contributed by atoms with Crippen LogP contribution in [0.3, 0.4) is 0 Å². The van der Waals surface area contributed by atoms with Crippen LogP contribution in [0, 0.1) is 0 Å². The number of hydrogen-bond donors (Lipinski definition) is 1. The van der Waals surface area contributed by atoms with Crippen molar-refractivity contribution in [2.24, 2.45) is 0 Å². The van der Waals surface area contributed by atoms with Gasteiger partial charge in [0.2, 0.25) is 0 Å². The van der Waals surface area contributed by atoms with Crippen LogP contribution >= 0.6 is 15.9 Å². The van der Waals surface area contributed by atoms with Gasteiger partial charge in [0.1, 0.15) is 11.3 Å². The minimum absolute atomic E-state index is 0.661. The zero-order valence-corrected chi connectivity index (χ0v) is 11.4. The number of pyridine rings is 1. The third-order valence-electron chi connectivity index (χ3n) is 2.79. The van der Waals surface area contributed by atoms with Gasteiger partial charge in [0.05, 0.1) is 11.1 Å². The van der Waals surface area contributed by atoms with Crippen LogP contribution in [-0.2, 0) is 6.42 Å². The van der Waals surface area contributed by atoms with E-state index in [1.807, 2.05) is 24.4 Å². The van der Waals surface area contributed by atoms with Crippen LogP contribution in [-0.4, -0.2) is 19.9 Å². The molecule has 5 heteroatoms. The Morgan fingerprint density at radius 1 is 1.28 bits per heavy atom. The number of fused-ring (bicyclic) bond motifs is 1. The average molecular weight is 303 g/mol. The lowest BCUT2D eigenvalue weighted by atomic mass is 10.2. The van der Waals surface area contributed by atoms with Gasteiger partial charge in [-0.1, -0.05) is 13.0 Å². The second-order valence-corrected chi connectivity index (χ2v) is 4.78. The van der Waals surface area contributed by atoms with Crippen LogP contribution in [0.4, 0.5) is 0 Å². The minimum atomic E-state index is 0.661. The Labute approximate surface area is 113 Å². The van der Waals surface area contributed by atoms with E-state index in [9.17, 15) is 0 Å². The molecule has 0 saturated carbocycles. The van der Waals surface area contributed by atoms with Gasteiger partial charge in [-0.2, -0.15) is 0 Å². The molecule has 4 nitrogen and oxygen atoms in total. The second kappa shape index (κ2) is 4.49. The molecule has 0 atom stereocenters. The molecule has 3 aromatic heterocycles. The lowest BCUT2D eigenvalue weighted by molar-refractivity contribution is 1.03. The summed E-state index contributed by atoms with van der Waals surface area (Å²) in [6.45, 7) is 2.09. The summed E-state index contributed by atoms with van der Waals surface area (Å²) in [5.41, 5.74) is 2.66. The Bertz CT molecular complexity index is 691. The van der Waals surface area contributed by atoms with Gasteiger partial charge in [-0.3, -0.25) is 4.98 Å². The van der Waals surface area contributed by atoms with Gasteiger partial charge in [0.15, 0.2) is 5.82 Å². The maximum atomic E-state index is 4.60. The summed E-state index contributed by atoms with van der Waals surface area (Å²) in [5.74, 6) is 0.661. The van der Waals surface area contributed by atoms with Gasteiger partial charge in [0.25, 0.3) is 0 Å². The van der Waals surface area contributed by atoms with Crippen LogP contribution in [0.1, 0.15) is 12.6 Å². The molecule has 0 aliphatic heterocycles. The number of nitrogens with zero attached hydrogens (tertiary/aromatic N) is 3. The highest BCUT2D eigenvalue weighted by Gasteiger charge is 2.12. The van der Waals surface area contributed by atoms with Gasteiger partial charge in [-0.25, -0.2) is 9.97 Å². The zero-order valence-electron chi connectivity index (χ0n) is 9.81. The molecule has 0 aromatic carbocycles. The van der Waals surface area contributed by atoms with Crippen LogP contribution in [0.2, 0.25) is 0 Å². The first-order valence-corrected chi connectivity index (χ1v) is 6.53. The van der Waals surface area contributed by atoms with E-state index in [0.29, 0.717) is 5.82 Å². The molecule has 0 aliphatic rings. The molecule has 1 N–H and O–H groups in total. The summed E-state index contributed by atoms with van der Waals surface area (Å²) in [7, 11) is 0. The van der Waals surface area contributed by atoms with E-state index in [1.54, 1.807) is 6.20 Å². The largest absolute Gasteiger partial charge is 0.345 e. The number of aryl methyl sites for hydroxylation is 1. The van der Waals surface area contributed by atoms with Crippen molar-refractivity contribution < 1.29 is 0 Å². The highest BCUT2D eigenvalue weighted by molar-refractivity contribution is 9.10. The Balaban J connectivity index is 2.27. The van der Waals surface area contributed by atoms with Crippen LogP contribution in [0.25, 0.3) is 22.6 Å². The first-order valence-electron chi connectivity index (χ1n) is 5.74. The predicted octanol–water partition coefficient (Wildman–Crippen LogP) is 3.34.